The topological polar surface area (TPSA) is 84.6 Å². The number of amides is 1. The molecule has 3 aromatic rings. The number of para-hydroxylation sites is 2. The van der Waals surface area contributed by atoms with Crippen LogP contribution in [-0.4, -0.2) is 58.8 Å². The summed E-state index contributed by atoms with van der Waals surface area (Å²) in [5.74, 6) is -0.215. The third-order valence-electron chi connectivity index (χ3n) is 5.37. The molecule has 0 saturated carbocycles. The number of sulfonamides is 1. The Hall–Kier alpha value is -2.62. The van der Waals surface area contributed by atoms with Gasteiger partial charge in [0.25, 0.3) is 0 Å². The highest BCUT2D eigenvalue weighted by Gasteiger charge is 2.30. The number of aryl methyl sites for hydroxylation is 1. The summed E-state index contributed by atoms with van der Waals surface area (Å²) < 4.78 is 29.9. The molecule has 158 valence electrons. The van der Waals surface area contributed by atoms with Crippen molar-refractivity contribution in [3.63, 3.8) is 0 Å². The van der Waals surface area contributed by atoms with Crippen molar-refractivity contribution in [1.82, 2.24) is 18.3 Å². The highest BCUT2D eigenvalue weighted by atomic mass is 35.5. The Balaban J connectivity index is 1.47. The Bertz CT molecular complexity index is 1270. The van der Waals surface area contributed by atoms with Gasteiger partial charge in [-0.2, -0.15) is 4.31 Å². The van der Waals surface area contributed by atoms with E-state index in [1.165, 1.54) is 25.6 Å². The number of fused-ring (bicyclic) bond motifs is 1. The SMILES string of the molecule is Cn1c(=O)n(CC(=O)N2CCN(S(=O)(=O)c3cccc(Cl)c3)CC2)c2ccccc21. The number of aromatic nitrogens is 2. The van der Waals surface area contributed by atoms with Crippen molar-refractivity contribution >= 4 is 38.6 Å². The average molecular weight is 449 g/mol. The molecule has 0 radical (unpaired) electrons. The number of halogens is 1. The molecular weight excluding hydrogens is 428 g/mol. The molecule has 0 atom stereocenters. The molecule has 1 amide bonds. The average Bonchev–Trinajstić information content (AvgIpc) is 2.99. The Labute approximate surface area is 178 Å². The van der Waals surface area contributed by atoms with Gasteiger partial charge in [-0.25, -0.2) is 13.2 Å². The van der Waals surface area contributed by atoms with Gasteiger partial charge in [0.1, 0.15) is 6.54 Å². The minimum atomic E-state index is -3.67. The number of piperazine rings is 1. The fraction of sp³-hybridized carbons (Fsp3) is 0.300. The maximum Gasteiger partial charge on any atom is 0.329 e. The van der Waals surface area contributed by atoms with Crippen LogP contribution < -0.4 is 5.69 Å². The first kappa shape index (κ1) is 20.6. The van der Waals surface area contributed by atoms with Crippen LogP contribution in [0.25, 0.3) is 11.0 Å². The molecule has 0 unspecified atom stereocenters. The third kappa shape index (κ3) is 3.64. The lowest BCUT2D eigenvalue weighted by molar-refractivity contribution is -0.133. The van der Waals surface area contributed by atoms with Crippen molar-refractivity contribution in [2.75, 3.05) is 26.2 Å². The molecule has 0 bridgehead atoms. The molecule has 4 rings (SSSR count). The van der Waals surface area contributed by atoms with Crippen LogP contribution in [-0.2, 0) is 28.4 Å². The first-order valence-electron chi connectivity index (χ1n) is 9.47. The molecule has 2 aromatic carbocycles. The van der Waals surface area contributed by atoms with Gasteiger partial charge in [-0.1, -0.05) is 29.8 Å². The number of nitrogens with zero attached hydrogens (tertiary/aromatic N) is 4. The van der Waals surface area contributed by atoms with Crippen LogP contribution in [0.15, 0.2) is 58.2 Å². The fourth-order valence-electron chi connectivity index (χ4n) is 3.71. The van der Waals surface area contributed by atoms with Gasteiger partial charge in [-0.05, 0) is 30.3 Å². The lowest BCUT2D eigenvalue weighted by Gasteiger charge is -2.34. The highest BCUT2D eigenvalue weighted by Crippen LogP contribution is 2.21. The number of imidazole rings is 1. The lowest BCUT2D eigenvalue weighted by Crippen LogP contribution is -2.51. The molecule has 1 fully saturated rings. The minimum Gasteiger partial charge on any atom is -0.338 e. The van der Waals surface area contributed by atoms with Gasteiger partial charge >= 0.3 is 5.69 Å². The molecule has 2 heterocycles. The summed E-state index contributed by atoms with van der Waals surface area (Å²) in [7, 11) is -2.00. The molecule has 0 N–H and O–H groups in total. The molecule has 0 aliphatic carbocycles. The van der Waals surface area contributed by atoms with Crippen molar-refractivity contribution in [1.29, 1.82) is 0 Å². The van der Waals surface area contributed by atoms with E-state index in [1.54, 1.807) is 30.1 Å². The van der Waals surface area contributed by atoms with Gasteiger partial charge in [0.2, 0.25) is 15.9 Å². The van der Waals surface area contributed by atoms with Crippen molar-refractivity contribution in [3.05, 3.63) is 64.0 Å². The minimum absolute atomic E-state index is 0.0821. The van der Waals surface area contributed by atoms with Crippen LogP contribution in [0.2, 0.25) is 5.02 Å². The predicted molar refractivity (Wildman–Crippen MR) is 114 cm³/mol. The second-order valence-electron chi connectivity index (χ2n) is 7.16. The van der Waals surface area contributed by atoms with Gasteiger partial charge in [0.15, 0.2) is 0 Å². The zero-order valence-electron chi connectivity index (χ0n) is 16.4. The summed E-state index contributed by atoms with van der Waals surface area (Å²) in [6.45, 7) is 0.813. The maximum absolute atomic E-state index is 12.8. The zero-order valence-corrected chi connectivity index (χ0v) is 17.9. The number of hydrogen-bond donors (Lipinski definition) is 0. The highest BCUT2D eigenvalue weighted by molar-refractivity contribution is 7.89. The number of benzene rings is 2. The Morgan fingerprint density at radius 3 is 2.33 bits per heavy atom. The molecule has 10 heteroatoms. The van der Waals surface area contributed by atoms with E-state index in [4.69, 9.17) is 11.6 Å². The van der Waals surface area contributed by atoms with Crippen LogP contribution in [0.3, 0.4) is 0 Å². The van der Waals surface area contributed by atoms with Crippen molar-refractivity contribution in [2.45, 2.75) is 11.4 Å². The van der Waals surface area contributed by atoms with Crippen molar-refractivity contribution in [3.8, 4) is 0 Å². The summed E-state index contributed by atoms with van der Waals surface area (Å²) in [6, 6.07) is 13.4. The van der Waals surface area contributed by atoms with Gasteiger partial charge in [-0.15, -0.1) is 0 Å². The summed E-state index contributed by atoms with van der Waals surface area (Å²) >= 11 is 5.92. The molecule has 0 spiro atoms. The van der Waals surface area contributed by atoms with Crippen molar-refractivity contribution < 1.29 is 13.2 Å². The summed E-state index contributed by atoms with van der Waals surface area (Å²) in [4.78, 5) is 27.1. The fourth-order valence-corrected chi connectivity index (χ4v) is 5.43. The quantitative estimate of drug-likeness (QED) is 0.605. The van der Waals surface area contributed by atoms with Crippen LogP contribution in [0.5, 0.6) is 0 Å². The van der Waals surface area contributed by atoms with E-state index in [1.807, 2.05) is 18.2 Å². The van der Waals surface area contributed by atoms with Gasteiger partial charge in [0.05, 0.1) is 15.9 Å². The second kappa shape index (κ2) is 7.90. The summed E-state index contributed by atoms with van der Waals surface area (Å²) in [5.41, 5.74) is 1.19. The Morgan fingerprint density at radius 1 is 1.00 bits per heavy atom. The number of carbonyl (C=O) groups excluding carboxylic acids is 1. The first-order valence-corrected chi connectivity index (χ1v) is 11.3. The van der Waals surface area contributed by atoms with Crippen LogP contribution in [0, 0.1) is 0 Å². The van der Waals surface area contributed by atoms with E-state index in [0.29, 0.717) is 10.5 Å². The summed E-state index contributed by atoms with van der Waals surface area (Å²) in [6.07, 6.45) is 0. The smallest absolute Gasteiger partial charge is 0.329 e. The predicted octanol–water partition coefficient (Wildman–Crippen LogP) is 1.53. The van der Waals surface area contributed by atoms with E-state index in [0.717, 1.165) is 5.52 Å². The molecule has 30 heavy (non-hydrogen) atoms. The number of carbonyl (C=O) groups is 1. The maximum atomic E-state index is 12.8. The normalized spacial score (nSPS) is 15.6. The van der Waals surface area contributed by atoms with E-state index in [-0.39, 0.29) is 49.2 Å². The zero-order chi connectivity index (χ0) is 21.5. The standard InChI is InChI=1S/C20H21ClN4O4S/c1-22-17-7-2-3-8-18(17)25(20(22)27)14-19(26)23-9-11-24(12-10-23)30(28,29)16-6-4-5-15(21)13-16/h2-8,13H,9-12,14H2,1H3. The van der Waals surface area contributed by atoms with Crippen LogP contribution in [0.4, 0.5) is 0 Å². The molecule has 1 aliphatic rings. The van der Waals surface area contributed by atoms with E-state index in [2.05, 4.69) is 0 Å². The molecule has 1 saturated heterocycles. The van der Waals surface area contributed by atoms with Gasteiger partial charge < -0.3 is 4.90 Å². The Morgan fingerprint density at radius 2 is 1.67 bits per heavy atom. The molecule has 8 nitrogen and oxygen atoms in total. The number of hydrogen-bond acceptors (Lipinski definition) is 4. The Kier molecular flexibility index (Phi) is 5.44. The molecule has 1 aromatic heterocycles. The van der Waals surface area contributed by atoms with Crippen LogP contribution in [0.1, 0.15) is 0 Å². The van der Waals surface area contributed by atoms with E-state index < -0.39 is 10.0 Å². The van der Waals surface area contributed by atoms with Crippen LogP contribution >= 0.6 is 11.6 Å². The third-order valence-corrected chi connectivity index (χ3v) is 7.50. The lowest BCUT2D eigenvalue weighted by atomic mass is 10.3. The number of rotatable bonds is 4. The van der Waals surface area contributed by atoms with Crippen molar-refractivity contribution in [2.24, 2.45) is 7.05 Å². The summed E-state index contributed by atoms with van der Waals surface area (Å²) in [5, 5.41) is 0.352. The largest absolute Gasteiger partial charge is 0.338 e. The molecule has 1 aliphatic heterocycles. The monoisotopic (exact) mass is 448 g/mol. The van der Waals surface area contributed by atoms with Gasteiger partial charge in [0, 0.05) is 38.2 Å². The van der Waals surface area contributed by atoms with E-state index >= 15 is 0 Å². The van der Waals surface area contributed by atoms with Gasteiger partial charge in [-0.3, -0.25) is 13.9 Å². The second-order valence-corrected chi connectivity index (χ2v) is 9.53. The first-order chi connectivity index (χ1) is 14.3. The molecular formula is C20H21ClN4O4S. The van der Waals surface area contributed by atoms with E-state index in [9.17, 15) is 18.0 Å².